The van der Waals surface area contributed by atoms with Crippen LogP contribution in [0.15, 0.2) is 109 Å². The van der Waals surface area contributed by atoms with Gasteiger partial charge in [0.1, 0.15) is 29.7 Å². The van der Waals surface area contributed by atoms with E-state index >= 15 is 0 Å². The first-order valence-electron chi connectivity index (χ1n) is 49.4. The highest BCUT2D eigenvalue weighted by atomic mass is 16.3. The summed E-state index contributed by atoms with van der Waals surface area (Å²) in [6.45, 7) is 97.3. The van der Waals surface area contributed by atoms with Crippen LogP contribution in [0.3, 0.4) is 0 Å². The normalized spacial score (nSPS) is 11.3. The largest absolute Gasteiger partial charge is 0.509 e. The molecule has 7 aromatic rings. The number of aliphatic hydroxyl groups excluding tert-OH is 2. The van der Waals surface area contributed by atoms with Gasteiger partial charge >= 0.3 is 0 Å². The Kier molecular flexibility index (Phi) is 98.0. The van der Waals surface area contributed by atoms with Crippen molar-refractivity contribution in [3.63, 3.8) is 0 Å². The molecule has 1 aliphatic rings. The molecule has 140 heavy (non-hydrogen) atoms. The Bertz CT molecular complexity index is 3860. The molecule has 8 heterocycles. The number of carbonyl (C=O) groups excluding carboxylic acids is 5. The molecule has 0 radical (unpaired) electrons. The van der Waals surface area contributed by atoms with Gasteiger partial charge in [-0.25, -0.2) is 9.97 Å². The predicted molar refractivity (Wildman–Crippen MR) is 580 cm³/mol. The fourth-order valence-electron chi connectivity index (χ4n) is 7.20. The van der Waals surface area contributed by atoms with Crippen LogP contribution in [0.1, 0.15) is 409 Å². The number of imidazole rings is 2. The number of tetrazole rings is 3. The number of nitrogens with one attached hydrogen (secondary N) is 10. The number of ketones is 1. The van der Waals surface area contributed by atoms with Crippen molar-refractivity contribution in [3.05, 3.63) is 134 Å². The molecule has 8 rings (SSSR count). The van der Waals surface area contributed by atoms with Crippen LogP contribution in [-0.2, 0) is 24.0 Å². The van der Waals surface area contributed by atoms with Gasteiger partial charge in [0.05, 0.1) is 24.0 Å². The minimum Gasteiger partial charge on any atom is -0.509 e. The van der Waals surface area contributed by atoms with Crippen LogP contribution in [-0.4, -0.2) is 180 Å². The van der Waals surface area contributed by atoms with Gasteiger partial charge in [0.25, 0.3) is 0 Å². The quantitative estimate of drug-likeness (QED) is 0.0122. The number of H-pyrrole nitrogens is 7. The van der Waals surface area contributed by atoms with Crippen molar-refractivity contribution in [1.82, 2.24) is 108 Å². The Morgan fingerprint density at radius 3 is 0.886 bits per heavy atom. The van der Waals surface area contributed by atoms with E-state index in [0.717, 1.165) is 53.1 Å². The van der Waals surface area contributed by atoms with E-state index in [1.54, 1.807) is 70.7 Å². The number of carbonyl (C=O) groups is 5. The lowest BCUT2D eigenvalue weighted by Crippen LogP contribution is -2.45. The monoisotopic (exact) mass is 1980 g/mol. The number of aromatic nitrogens is 18. The number of amidine groups is 1. The minimum absolute atomic E-state index is 0.00926. The highest BCUT2D eigenvalue weighted by molar-refractivity contribution is 5.88. The van der Waals surface area contributed by atoms with E-state index in [2.05, 4.69) is 267 Å². The van der Waals surface area contributed by atoms with Crippen LogP contribution < -0.4 is 50.0 Å². The third kappa shape index (κ3) is 108. The molecule has 0 fully saturated rings. The van der Waals surface area contributed by atoms with Crippen molar-refractivity contribution in [2.24, 2.45) is 120 Å². The molecule has 0 aliphatic carbocycles. The first-order valence-corrected chi connectivity index (χ1v) is 49.4. The Morgan fingerprint density at radius 1 is 0.421 bits per heavy atom. The van der Waals surface area contributed by atoms with Gasteiger partial charge in [-0.05, 0) is 114 Å². The molecule has 0 aromatic carbocycles. The average Bonchev–Trinajstić information content (AvgIpc) is 1.74. The van der Waals surface area contributed by atoms with E-state index in [-0.39, 0.29) is 106 Å². The van der Waals surface area contributed by atoms with Gasteiger partial charge in [0.15, 0.2) is 17.5 Å². The first-order chi connectivity index (χ1) is 64.3. The zero-order valence-corrected chi connectivity index (χ0v) is 95.9. The number of Topliss-reactive ketones (excluding diaryl/α,β-unsaturated/α-hetero) is 1. The molecule has 0 saturated carbocycles. The summed E-state index contributed by atoms with van der Waals surface area (Å²) in [6.07, 6.45) is 9.56. The van der Waals surface area contributed by atoms with Crippen LogP contribution in [0.2, 0.25) is 0 Å². The maximum Gasteiger partial charge on any atom is 0.247 e. The minimum atomic E-state index is -0.241. The van der Waals surface area contributed by atoms with Gasteiger partial charge in [-0.3, -0.25) is 43.9 Å². The molecule has 20 N–H and O–H groups in total. The smallest absolute Gasteiger partial charge is 0.247 e. The molecule has 4 amide bonds. The van der Waals surface area contributed by atoms with E-state index in [4.69, 9.17) is 22.9 Å². The van der Waals surface area contributed by atoms with Crippen molar-refractivity contribution in [1.29, 1.82) is 0 Å². The van der Waals surface area contributed by atoms with Crippen LogP contribution in [0.25, 0.3) is 0 Å². The fraction of sp³-hybridized carbons (Fsp3) is 0.725. The van der Waals surface area contributed by atoms with Crippen molar-refractivity contribution in [3.8, 4) is 0 Å². The number of hydrogen-bond donors (Lipinski definition) is 16. The molecule has 0 saturated heterocycles. The van der Waals surface area contributed by atoms with Gasteiger partial charge in [-0.2, -0.15) is 20.8 Å². The zero-order chi connectivity index (χ0) is 112. The third-order valence-corrected chi connectivity index (χ3v) is 16.0. The molecule has 810 valence electrons. The summed E-state index contributed by atoms with van der Waals surface area (Å²) < 4.78 is 0. The lowest BCUT2D eigenvalue weighted by atomic mass is 9.99. The lowest BCUT2D eigenvalue weighted by Gasteiger charge is -2.19. The molecule has 38 heteroatoms. The van der Waals surface area contributed by atoms with Gasteiger partial charge in [0.2, 0.25) is 34.7 Å². The number of nitrogens with two attached hydrogens (primary N) is 4. The van der Waals surface area contributed by atoms with Gasteiger partial charge in [0, 0.05) is 150 Å². The topological polar surface area (TPSA) is 602 Å². The Labute approximate surface area is 844 Å². The number of pyridine rings is 2. The number of aliphatic imine (C=N–C) groups is 1. The average molecular weight is 1980 g/mol. The number of nitrogens with zero attached hydrogens (tertiary/aromatic N) is 15. The molecular formula is C102H203N29O9. The second kappa shape index (κ2) is 91.8. The molecule has 1 aliphatic heterocycles. The van der Waals surface area contributed by atoms with Crippen molar-refractivity contribution in [2.75, 3.05) is 6.54 Å². The standard InChI is InChI=1S/C9H16N2.C8H16O2.C8H16O.C7H18N2.C7H16N2.2C7H15NO.C6H10N2.C5H9N3.2C5H5NO.3C4H8N4.2C4H9NO.2C4H10/c1-6(2)8-5-10-9(11-8)7(3)4;1-5(2)7(9)8(10)6(3)4;1-6(2)5-8(9)7(3)4;2*1-5(2)7(8)9-6(3)4;2*1-5(2)7(9)8-6(3)4;1-5(2)6-3-7-4-8-6;1-4(2)5-3-6-8-7-5;2*7-5-3-1-2-4-6-5;3*1-3(2)4-5-7-8-6-4;2*1-3(2)4(5)6;2*1-4(2)3/h5-7H,1-4H3,(H,10,11);5-6,9-10H,1-4H3;6-7H,5H2,1-4H3;5-7,9H,8H2,1-4H3;5-6H,1-4H3,(H2,8,9);2*5-6H,1-4H3,(H,8,9);3-5H,1-2H3,(H,7,8);4H,3H2,1-2H3;2*1-4H,(H,6,7);3*3H,1-2H3,(H,5,6,7,8);2*3H,1-2H3,(H2,5,6);2*4H,1-3H3/b;8-7+;;;;;;;;;;;;;;;;. The molecule has 0 spiro atoms. The van der Waals surface area contributed by atoms with Gasteiger partial charge < -0.3 is 63.7 Å². The van der Waals surface area contributed by atoms with Crippen LogP contribution >= 0.6 is 0 Å². The Balaban J connectivity index is -0.000000160. The van der Waals surface area contributed by atoms with Gasteiger partial charge in [-0.15, -0.1) is 35.7 Å². The highest BCUT2D eigenvalue weighted by Gasteiger charge is 2.14. The number of aliphatic hydroxyl groups is 2. The van der Waals surface area contributed by atoms with E-state index in [0.29, 0.717) is 83.6 Å². The molecule has 1 atom stereocenters. The summed E-state index contributed by atoms with van der Waals surface area (Å²) in [5.74, 6) is 11.3. The summed E-state index contributed by atoms with van der Waals surface area (Å²) in [5, 5.41) is 78.2. The summed E-state index contributed by atoms with van der Waals surface area (Å²) in [6, 6.07) is 11.2. The van der Waals surface area contributed by atoms with Crippen LogP contribution in [0.5, 0.6) is 0 Å². The van der Waals surface area contributed by atoms with Crippen LogP contribution in [0.4, 0.5) is 0 Å². The molecule has 7 aromatic heterocycles. The van der Waals surface area contributed by atoms with Crippen molar-refractivity contribution < 1.29 is 34.2 Å². The molecular weight excluding hydrogens is 1780 g/mol. The second-order valence-electron chi connectivity index (χ2n) is 40.5. The van der Waals surface area contributed by atoms with Crippen molar-refractivity contribution >= 4 is 41.0 Å². The van der Waals surface area contributed by atoms with E-state index in [1.807, 2.05) is 179 Å². The number of amides is 4. The maximum absolute atomic E-state index is 11.0. The Morgan fingerprint density at radius 2 is 0.771 bits per heavy atom. The number of rotatable bonds is 23. The van der Waals surface area contributed by atoms with E-state index in [9.17, 15) is 43.8 Å². The number of aromatic amines is 7. The fourth-order valence-corrected chi connectivity index (χ4v) is 7.20. The summed E-state index contributed by atoms with van der Waals surface area (Å²) in [5.41, 5.74) is 24.3. The lowest BCUT2D eigenvalue weighted by molar-refractivity contribution is -0.125. The van der Waals surface area contributed by atoms with Gasteiger partial charge in [-0.1, -0.05) is 305 Å². The number of allylic oxidation sites excluding steroid dienone is 2. The summed E-state index contributed by atoms with van der Waals surface area (Å²) in [7, 11) is 0. The zero-order valence-electron chi connectivity index (χ0n) is 95.9. The third-order valence-electron chi connectivity index (χ3n) is 16.0. The van der Waals surface area contributed by atoms with E-state index < -0.39 is 0 Å². The number of primary amides is 2. The molecule has 38 nitrogen and oxygen atoms in total. The second-order valence-corrected chi connectivity index (χ2v) is 40.5. The summed E-state index contributed by atoms with van der Waals surface area (Å²) in [4.78, 5) is 96.5. The van der Waals surface area contributed by atoms with Crippen LogP contribution in [0, 0.1) is 76.9 Å². The first kappa shape index (κ1) is 149. The Hall–Kier alpha value is -10.9. The maximum atomic E-state index is 11.0. The highest BCUT2D eigenvalue weighted by Crippen LogP contribution is 2.18. The molecule has 1 unspecified atom stereocenters. The summed E-state index contributed by atoms with van der Waals surface area (Å²) >= 11 is 0. The van der Waals surface area contributed by atoms with E-state index in [1.165, 1.54) is 23.5 Å². The SMILES string of the molecule is CC(C)/C(O)=C(\O)C(C)C.CC(C)C.CC(C)C.CC(C)C(N)=O.CC(C)C(N)=O.CC(C)C1=NN=NC1.CC(C)CC(=O)C(C)C.CC(C)N=C(N)C(C)C.CC(C)NC(=O)C(C)C.CC(C)NC(=O)C(C)C.CC(C)NC(N)C(C)C.CC(C)c1cnc(C(C)C)[nH]1.CC(C)c1cnc[nH]1.CC(C)c1nn[nH]n1.CC(C)c1nn[nH]n1.CC(C)c1nn[nH]n1.O=c1cccc[nH]1.O=c1cccc[nH]1. The predicted octanol–water partition coefficient (Wildman–Crippen LogP) is 20.5. The van der Waals surface area contributed by atoms with Crippen molar-refractivity contribution in [2.45, 2.75) is 405 Å². The molecule has 0 bridgehead atoms. The number of hydrogen-bond acceptors (Lipinski definition) is 26.